The zero-order chi connectivity index (χ0) is 37.6. The number of nitrogens with one attached hydrogen (secondary N) is 3. The Morgan fingerprint density at radius 1 is 0.811 bits per heavy atom. The van der Waals surface area contributed by atoms with Crippen LogP contribution in [0, 0.1) is 0 Å². The molecule has 6 aromatic rings. The third kappa shape index (κ3) is 9.03. The molecule has 0 bridgehead atoms. The van der Waals surface area contributed by atoms with Gasteiger partial charge in [-0.25, -0.2) is 9.97 Å². The Labute approximate surface area is 324 Å². The first-order valence-electron chi connectivity index (χ1n) is 16.2. The molecule has 276 valence electrons. The van der Waals surface area contributed by atoms with Crippen LogP contribution in [0.2, 0.25) is 10.0 Å². The van der Waals surface area contributed by atoms with Gasteiger partial charge in [-0.05, 0) is 49.2 Å². The number of hydrogen-bond donors (Lipinski definition) is 4. The Kier molecular flexibility index (Phi) is 12.4. The summed E-state index contributed by atoms with van der Waals surface area (Å²) < 4.78 is 25.3. The van der Waals surface area contributed by atoms with E-state index in [1.54, 1.807) is 49.7 Å². The summed E-state index contributed by atoms with van der Waals surface area (Å²) in [6.45, 7) is 0. The van der Waals surface area contributed by atoms with Crippen LogP contribution in [0.3, 0.4) is 0 Å². The maximum absolute atomic E-state index is 11.8. The number of aliphatic hydroxyl groups is 1. The van der Waals surface area contributed by atoms with Gasteiger partial charge in [0.1, 0.15) is 44.4 Å². The van der Waals surface area contributed by atoms with Crippen LogP contribution >= 0.6 is 45.9 Å². The number of aliphatic hydroxyl groups excluding tert-OH is 1. The number of anilines is 1. The lowest BCUT2D eigenvalue weighted by Crippen LogP contribution is -2.36. The minimum Gasteiger partial charge on any atom is -0.456 e. The van der Waals surface area contributed by atoms with E-state index in [2.05, 4.69) is 35.9 Å². The van der Waals surface area contributed by atoms with Crippen molar-refractivity contribution in [2.45, 2.75) is 42.2 Å². The van der Waals surface area contributed by atoms with Crippen molar-refractivity contribution in [2.24, 2.45) is 0 Å². The first kappa shape index (κ1) is 38.3. The van der Waals surface area contributed by atoms with Crippen LogP contribution in [0.1, 0.15) is 46.7 Å². The zero-order valence-corrected chi connectivity index (χ0v) is 32.5. The fraction of sp³-hybridized carbons (Fsp3) is 0.257. The third-order valence-corrected chi connectivity index (χ3v) is 12.4. The number of carbonyl (C=O) groups is 2. The highest BCUT2D eigenvalue weighted by Gasteiger charge is 2.24. The van der Waals surface area contributed by atoms with Gasteiger partial charge >= 0.3 is 0 Å². The Balaban J connectivity index is 0.000000185. The summed E-state index contributed by atoms with van der Waals surface area (Å²) in [4.78, 5) is 40.3. The van der Waals surface area contributed by atoms with Gasteiger partial charge in [-0.2, -0.15) is 0 Å². The number of amides is 2. The number of benzene rings is 2. The zero-order valence-electron chi connectivity index (χ0n) is 28.5. The van der Waals surface area contributed by atoms with Gasteiger partial charge < -0.3 is 30.5 Å². The van der Waals surface area contributed by atoms with Crippen molar-refractivity contribution in [3.8, 4) is 23.0 Å². The van der Waals surface area contributed by atoms with Crippen molar-refractivity contribution in [2.75, 3.05) is 25.7 Å². The molecule has 4 heterocycles. The van der Waals surface area contributed by atoms with Gasteiger partial charge in [0.25, 0.3) is 11.8 Å². The molecule has 1 aliphatic carbocycles. The van der Waals surface area contributed by atoms with E-state index in [0.29, 0.717) is 47.6 Å². The Morgan fingerprint density at radius 2 is 1.34 bits per heavy atom. The van der Waals surface area contributed by atoms with Crippen molar-refractivity contribution in [3.05, 3.63) is 82.4 Å². The van der Waals surface area contributed by atoms with Gasteiger partial charge in [0.15, 0.2) is 9.47 Å². The van der Waals surface area contributed by atoms with E-state index in [1.165, 1.54) is 48.2 Å². The van der Waals surface area contributed by atoms with Crippen LogP contribution in [-0.4, -0.2) is 73.6 Å². The Bertz CT molecular complexity index is 2320. The molecule has 0 radical (unpaired) electrons. The van der Waals surface area contributed by atoms with E-state index >= 15 is 0 Å². The van der Waals surface area contributed by atoms with Crippen molar-refractivity contribution >= 4 is 94.1 Å². The van der Waals surface area contributed by atoms with E-state index in [9.17, 15) is 18.9 Å². The number of ether oxygens (including phenoxy) is 2. The number of pyridine rings is 2. The lowest BCUT2D eigenvalue weighted by Gasteiger charge is -2.27. The van der Waals surface area contributed by atoms with Crippen molar-refractivity contribution < 1.29 is 28.4 Å². The van der Waals surface area contributed by atoms with E-state index in [0.717, 1.165) is 41.0 Å². The standard InChI is InChI=1S/C20H21ClN4O3S.C15H12ClN3O3S2/c1-22-19(27)14-10-11(8-9-23-14)28-16-7-6-13-18(17(16)21)29-20(25-13)24-12-4-2-3-5-15(12)26;1-17-14(20)10-7-8(5-6-18-10)22-11-4-3-9-13(12(11)16)23-15(19-9)24(2)21/h6-10,12,15,26H,2-5H2,1H3,(H,22,27)(H,24,25);3-7H,1-2H3,(H,17,20)/t12-,15-;/m1./s1. The molecule has 1 saturated carbocycles. The number of rotatable bonds is 9. The van der Waals surface area contributed by atoms with Crippen LogP contribution in [0.25, 0.3) is 20.4 Å². The highest BCUT2D eigenvalue weighted by atomic mass is 35.5. The lowest BCUT2D eigenvalue weighted by molar-refractivity contribution is 0.0950. The quantitative estimate of drug-likeness (QED) is 0.114. The van der Waals surface area contributed by atoms with Gasteiger partial charge in [-0.1, -0.05) is 47.4 Å². The van der Waals surface area contributed by atoms with E-state index < -0.39 is 10.8 Å². The molecule has 3 atom stereocenters. The second-order valence-corrected chi connectivity index (χ2v) is 15.9. The Morgan fingerprint density at radius 3 is 1.87 bits per heavy atom. The fourth-order valence-corrected chi connectivity index (χ4v) is 8.61. The van der Waals surface area contributed by atoms with E-state index in [1.807, 2.05) is 6.07 Å². The van der Waals surface area contributed by atoms with Crippen molar-refractivity contribution in [1.82, 2.24) is 30.6 Å². The fourth-order valence-electron chi connectivity index (χ4n) is 5.35. The summed E-state index contributed by atoms with van der Waals surface area (Å²) in [6.07, 6.45) is 8.10. The van der Waals surface area contributed by atoms with E-state index in [-0.39, 0.29) is 35.3 Å². The van der Waals surface area contributed by atoms with Crippen LogP contribution < -0.4 is 25.4 Å². The molecular formula is C35H33Cl2N7O6S3. The summed E-state index contributed by atoms with van der Waals surface area (Å²) in [5.74, 6) is 1.21. The SMILES string of the molecule is CNC(=O)c1cc(Oc2ccc3nc(N[C@@H]4CCCC[C@H]4O)sc3c2Cl)ccn1.CNC(=O)c1cc(Oc2ccc3nc(S(C)=O)sc3c2Cl)ccn1. The van der Waals surface area contributed by atoms with Crippen LogP contribution in [0.15, 0.2) is 65.3 Å². The molecule has 1 fully saturated rings. The number of carbonyl (C=O) groups excluding carboxylic acids is 2. The summed E-state index contributed by atoms with van der Waals surface area (Å²) in [7, 11) is 1.91. The molecule has 2 amide bonds. The van der Waals surface area contributed by atoms with Crippen molar-refractivity contribution in [3.63, 3.8) is 0 Å². The van der Waals surface area contributed by atoms with Crippen LogP contribution in [0.4, 0.5) is 5.13 Å². The number of hydrogen-bond acceptors (Lipinski definition) is 13. The first-order chi connectivity index (χ1) is 25.5. The molecule has 13 nitrogen and oxygen atoms in total. The summed E-state index contributed by atoms with van der Waals surface area (Å²) >= 11 is 15.7. The van der Waals surface area contributed by atoms with Crippen LogP contribution in [-0.2, 0) is 10.8 Å². The second-order valence-electron chi connectivity index (χ2n) is 11.6. The highest BCUT2D eigenvalue weighted by molar-refractivity contribution is 7.86. The maximum atomic E-state index is 11.8. The molecule has 1 unspecified atom stereocenters. The van der Waals surface area contributed by atoms with Gasteiger partial charge in [0.2, 0.25) is 0 Å². The monoisotopic (exact) mass is 813 g/mol. The summed E-state index contributed by atoms with van der Waals surface area (Å²) in [5.41, 5.74) is 1.94. The number of halogens is 2. The second kappa shape index (κ2) is 17.1. The topological polar surface area (TPSA) is 178 Å². The Hall–Kier alpha value is -4.45. The van der Waals surface area contributed by atoms with Gasteiger partial charge in [0.05, 0.1) is 43.4 Å². The van der Waals surface area contributed by atoms with Gasteiger partial charge in [-0.15, -0.1) is 11.3 Å². The van der Waals surface area contributed by atoms with Gasteiger partial charge in [0, 0.05) is 44.9 Å². The molecule has 1 aliphatic rings. The molecule has 4 aromatic heterocycles. The van der Waals surface area contributed by atoms with Crippen LogP contribution in [0.5, 0.6) is 23.0 Å². The average Bonchev–Trinajstić information content (AvgIpc) is 3.80. The summed E-state index contributed by atoms with van der Waals surface area (Å²) in [6, 6.07) is 13.4. The molecule has 7 rings (SSSR count). The smallest absolute Gasteiger partial charge is 0.269 e. The molecular weight excluding hydrogens is 782 g/mol. The molecule has 0 aliphatic heterocycles. The average molecular weight is 815 g/mol. The predicted molar refractivity (Wildman–Crippen MR) is 209 cm³/mol. The van der Waals surface area contributed by atoms with Gasteiger partial charge in [-0.3, -0.25) is 23.8 Å². The normalized spacial score (nSPS) is 16.0. The highest BCUT2D eigenvalue weighted by Crippen LogP contribution is 2.41. The molecule has 4 N–H and O–H groups in total. The number of nitrogens with zero attached hydrogens (tertiary/aromatic N) is 4. The number of thiazole rings is 2. The third-order valence-electron chi connectivity index (χ3n) is 8.03. The minimum atomic E-state index is -1.17. The molecule has 0 saturated heterocycles. The molecule has 18 heteroatoms. The summed E-state index contributed by atoms with van der Waals surface area (Å²) in [5, 5.41) is 20.1. The molecule has 0 spiro atoms. The minimum absolute atomic E-state index is 0.0127. The molecule has 2 aromatic carbocycles. The molecule has 53 heavy (non-hydrogen) atoms. The van der Waals surface area contributed by atoms with E-state index in [4.69, 9.17) is 32.7 Å². The predicted octanol–water partition coefficient (Wildman–Crippen LogP) is 7.45. The number of aromatic nitrogens is 4. The maximum Gasteiger partial charge on any atom is 0.269 e. The largest absolute Gasteiger partial charge is 0.456 e. The van der Waals surface area contributed by atoms with Crippen molar-refractivity contribution in [1.29, 1.82) is 0 Å². The lowest BCUT2D eigenvalue weighted by atomic mass is 9.93. The number of fused-ring (bicyclic) bond motifs is 2. The first-order valence-corrected chi connectivity index (χ1v) is 20.2.